The van der Waals surface area contributed by atoms with E-state index in [1.165, 1.54) is 22.8 Å². The highest BCUT2D eigenvalue weighted by Gasteiger charge is 1.94. The molecule has 0 fully saturated rings. The van der Waals surface area contributed by atoms with Crippen molar-refractivity contribution in [2.75, 3.05) is 0 Å². The van der Waals surface area contributed by atoms with E-state index in [9.17, 15) is 4.39 Å². The molecule has 0 radical (unpaired) electrons. The Labute approximate surface area is 318 Å². The zero-order valence-electron chi connectivity index (χ0n) is 32.0. The molecule has 0 atom stereocenters. The van der Waals surface area contributed by atoms with Gasteiger partial charge in [0.1, 0.15) is 10.4 Å². The second kappa shape index (κ2) is 23.9. The SMILES string of the molecule is Cc1ccc(C)c(Br)n1.Cc1ccc(C)c(Cl)c1.Cc1ccc(C)c(F)c1.Cc1ccc(C)nc1.Cc1ccc(C)nn1.Cc1cnc(C)cn1. The first kappa shape index (κ1) is 44.6. The molecule has 0 spiro atoms. The summed E-state index contributed by atoms with van der Waals surface area (Å²) in [6.07, 6.45) is 5.39. The Morgan fingerprint density at radius 2 is 0.882 bits per heavy atom. The van der Waals surface area contributed by atoms with Gasteiger partial charge in [0.25, 0.3) is 0 Å². The number of pyridine rings is 2. The van der Waals surface area contributed by atoms with Gasteiger partial charge >= 0.3 is 0 Å². The maximum absolute atomic E-state index is 12.6. The van der Waals surface area contributed by atoms with Crippen LogP contribution in [0.2, 0.25) is 5.02 Å². The van der Waals surface area contributed by atoms with E-state index < -0.39 is 0 Å². The lowest BCUT2D eigenvalue weighted by atomic mass is 10.2. The second-order valence-corrected chi connectivity index (χ2v) is 13.3. The molecule has 2 aromatic carbocycles. The molecule has 270 valence electrons. The Balaban J connectivity index is 0.000000306. The molecule has 0 saturated heterocycles. The summed E-state index contributed by atoms with van der Waals surface area (Å²) in [7, 11) is 0. The van der Waals surface area contributed by atoms with Gasteiger partial charge in [-0.2, -0.15) is 10.2 Å². The predicted molar refractivity (Wildman–Crippen MR) is 215 cm³/mol. The molecule has 0 N–H and O–H groups in total. The van der Waals surface area contributed by atoms with Crippen molar-refractivity contribution in [3.05, 3.63) is 174 Å². The van der Waals surface area contributed by atoms with Crippen molar-refractivity contribution in [1.82, 2.24) is 30.1 Å². The van der Waals surface area contributed by atoms with Crippen molar-refractivity contribution in [3.8, 4) is 0 Å². The molecule has 6 aromatic rings. The lowest BCUT2D eigenvalue weighted by Gasteiger charge is -1.96. The molecule has 0 amide bonds. The molecular formula is C42H51BrClFN6. The van der Waals surface area contributed by atoms with E-state index in [1.807, 2.05) is 131 Å². The van der Waals surface area contributed by atoms with Crippen molar-refractivity contribution < 1.29 is 4.39 Å². The van der Waals surface area contributed by atoms with Gasteiger partial charge in [0, 0.05) is 35.0 Å². The van der Waals surface area contributed by atoms with E-state index in [-0.39, 0.29) is 5.82 Å². The zero-order chi connectivity index (χ0) is 38.5. The molecule has 6 rings (SSSR count). The Hall–Kier alpha value is -4.40. The van der Waals surface area contributed by atoms with Crippen molar-refractivity contribution >= 4 is 27.5 Å². The summed E-state index contributed by atoms with van der Waals surface area (Å²) < 4.78 is 13.5. The third kappa shape index (κ3) is 20.8. The Kier molecular flexibility index (Phi) is 20.9. The maximum atomic E-state index is 12.6. The first-order valence-electron chi connectivity index (χ1n) is 16.4. The molecule has 0 unspecified atom stereocenters. The van der Waals surface area contributed by atoms with E-state index in [2.05, 4.69) is 58.2 Å². The van der Waals surface area contributed by atoms with Crippen LogP contribution in [0.15, 0.2) is 96.0 Å². The monoisotopic (exact) mass is 772 g/mol. The minimum absolute atomic E-state index is 0.116. The highest BCUT2D eigenvalue weighted by molar-refractivity contribution is 9.10. The molecule has 0 aliphatic heterocycles. The van der Waals surface area contributed by atoms with Gasteiger partial charge in [-0.15, -0.1) is 0 Å². The predicted octanol–water partition coefficient (Wildman–Crippen LogP) is 11.7. The van der Waals surface area contributed by atoms with Crippen LogP contribution in [0, 0.1) is 88.9 Å². The molecule has 0 bridgehead atoms. The Morgan fingerprint density at radius 3 is 1.24 bits per heavy atom. The van der Waals surface area contributed by atoms with Gasteiger partial charge in [0.05, 0.1) is 22.8 Å². The fraction of sp³-hybridized carbons (Fsp3) is 0.286. The quantitative estimate of drug-likeness (QED) is 0.143. The molecule has 4 aromatic heterocycles. The Morgan fingerprint density at radius 1 is 0.451 bits per heavy atom. The largest absolute Gasteiger partial charge is 0.261 e. The number of benzene rings is 2. The van der Waals surface area contributed by atoms with Crippen LogP contribution in [0.5, 0.6) is 0 Å². The van der Waals surface area contributed by atoms with Crippen LogP contribution >= 0.6 is 27.5 Å². The molecule has 51 heavy (non-hydrogen) atoms. The summed E-state index contributed by atoms with van der Waals surface area (Å²) in [5.74, 6) is -0.116. The number of aromatic nitrogens is 6. The lowest BCUT2D eigenvalue weighted by molar-refractivity contribution is 0.617. The number of halogens is 3. The van der Waals surface area contributed by atoms with Gasteiger partial charge in [-0.3, -0.25) is 15.0 Å². The third-order valence-corrected chi connectivity index (χ3v) is 7.94. The molecular weight excluding hydrogens is 723 g/mol. The Bertz CT molecular complexity index is 1600. The number of hydrogen-bond acceptors (Lipinski definition) is 6. The van der Waals surface area contributed by atoms with Gasteiger partial charge in [-0.05, 0) is 169 Å². The van der Waals surface area contributed by atoms with E-state index in [0.717, 1.165) is 54.9 Å². The number of nitrogens with zero attached hydrogens (tertiary/aromatic N) is 6. The lowest BCUT2D eigenvalue weighted by Crippen LogP contribution is -1.86. The van der Waals surface area contributed by atoms with Crippen LogP contribution in [0.25, 0.3) is 0 Å². The number of rotatable bonds is 0. The summed E-state index contributed by atoms with van der Waals surface area (Å²) in [6, 6.07) is 23.3. The molecule has 0 saturated carbocycles. The minimum Gasteiger partial charge on any atom is -0.261 e. The van der Waals surface area contributed by atoms with E-state index in [1.54, 1.807) is 25.4 Å². The molecule has 9 heteroatoms. The summed E-state index contributed by atoms with van der Waals surface area (Å²) in [4.78, 5) is 16.3. The first-order chi connectivity index (χ1) is 24.0. The zero-order valence-corrected chi connectivity index (χ0v) is 34.3. The van der Waals surface area contributed by atoms with E-state index >= 15 is 0 Å². The maximum Gasteiger partial charge on any atom is 0.126 e. The fourth-order valence-corrected chi connectivity index (χ4v) is 4.10. The molecule has 4 heterocycles. The van der Waals surface area contributed by atoms with Gasteiger partial charge < -0.3 is 0 Å². The van der Waals surface area contributed by atoms with Gasteiger partial charge in [0.15, 0.2) is 0 Å². The smallest absolute Gasteiger partial charge is 0.126 e. The fourth-order valence-electron chi connectivity index (χ4n) is 3.45. The van der Waals surface area contributed by atoms with Crippen LogP contribution in [-0.4, -0.2) is 30.1 Å². The molecule has 0 aliphatic carbocycles. The topological polar surface area (TPSA) is 77.3 Å². The van der Waals surface area contributed by atoms with Crippen LogP contribution in [0.1, 0.15) is 67.5 Å². The van der Waals surface area contributed by atoms with Crippen LogP contribution in [0.3, 0.4) is 0 Å². The highest BCUT2D eigenvalue weighted by atomic mass is 79.9. The number of hydrogen-bond donors (Lipinski definition) is 0. The molecule has 6 nitrogen and oxygen atoms in total. The normalized spacial score (nSPS) is 9.47. The summed E-state index contributed by atoms with van der Waals surface area (Å²) >= 11 is 9.15. The summed E-state index contributed by atoms with van der Waals surface area (Å²) in [5.41, 5.74) is 12.4. The standard InChI is InChI=1S/C8H9Cl.C8H9F.C7H8BrN.C7H9N.2C6H8N2/c2*1-6-3-4-7(2)8(9)5-6;1-5-3-4-6(2)9-7(5)8;1-6-3-4-7(2)8-5-6;1-5-3-8-6(2)4-7-5;1-5-3-4-6(2)8-7-5/h2*3-5H,1-2H3;3-4H,1-2H3;3-5H,1-2H3;2*3-4H,1-2H3. The van der Waals surface area contributed by atoms with Crippen molar-refractivity contribution in [2.24, 2.45) is 0 Å². The van der Waals surface area contributed by atoms with Crippen molar-refractivity contribution in [2.45, 2.75) is 83.1 Å². The van der Waals surface area contributed by atoms with E-state index in [0.29, 0.717) is 5.56 Å². The van der Waals surface area contributed by atoms with E-state index in [4.69, 9.17) is 11.6 Å². The number of aryl methyl sites for hydroxylation is 12. The third-order valence-electron chi connectivity index (χ3n) is 6.73. The minimum atomic E-state index is -0.116. The van der Waals surface area contributed by atoms with Crippen molar-refractivity contribution in [1.29, 1.82) is 0 Å². The summed E-state index contributed by atoms with van der Waals surface area (Å²) in [6.45, 7) is 23.4. The average Bonchev–Trinajstić information content (AvgIpc) is 3.08. The van der Waals surface area contributed by atoms with Gasteiger partial charge in [-0.1, -0.05) is 48.0 Å². The molecule has 0 aliphatic rings. The van der Waals surface area contributed by atoms with Crippen LogP contribution < -0.4 is 0 Å². The average molecular weight is 774 g/mol. The highest BCUT2D eigenvalue weighted by Crippen LogP contribution is 2.15. The van der Waals surface area contributed by atoms with Gasteiger partial charge in [0.2, 0.25) is 0 Å². The first-order valence-corrected chi connectivity index (χ1v) is 17.6. The van der Waals surface area contributed by atoms with Crippen LogP contribution in [-0.2, 0) is 0 Å². The van der Waals surface area contributed by atoms with Crippen molar-refractivity contribution in [3.63, 3.8) is 0 Å². The van der Waals surface area contributed by atoms with Crippen LogP contribution in [0.4, 0.5) is 4.39 Å². The summed E-state index contributed by atoms with van der Waals surface area (Å²) in [5, 5.41) is 8.51. The van der Waals surface area contributed by atoms with Gasteiger partial charge in [-0.25, -0.2) is 9.37 Å². The second-order valence-electron chi connectivity index (χ2n) is 12.2.